The van der Waals surface area contributed by atoms with Crippen LogP contribution in [0.3, 0.4) is 0 Å². The van der Waals surface area contributed by atoms with Gasteiger partial charge in [-0.05, 0) is 71.8 Å². The molecule has 27 heavy (non-hydrogen) atoms. The van der Waals surface area contributed by atoms with Crippen molar-refractivity contribution in [1.29, 1.82) is 0 Å². The highest BCUT2D eigenvalue weighted by molar-refractivity contribution is 6.90. The minimum absolute atomic E-state index is 0.243. The second-order valence-electron chi connectivity index (χ2n) is 11.0. The van der Waals surface area contributed by atoms with Crippen molar-refractivity contribution in [3.63, 3.8) is 0 Å². The third-order valence-electron chi connectivity index (χ3n) is 3.87. The molecule has 0 aliphatic rings. The molecule has 9 heteroatoms. The van der Waals surface area contributed by atoms with Crippen molar-refractivity contribution < 1.29 is 22.2 Å². The Bertz CT molecular complexity index is 398. The molecule has 0 amide bonds. The van der Waals surface area contributed by atoms with Crippen molar-refractivity contribution in [2.45, 2.75) is 105 Å². The third kappa shape index (κ3) is 12.8. The first-order valence-electron chi connectivity index (χ1n) is 10.2. The van der Waals surface area contributed by atoms with Crippen molar-refractivity contribution in [3.8, 4) is 0 Å². The molecule has 0 aromatic heterocycles. The lowest BCUT2D eigenvalue weighted by Crippen LogP contribution is -2.60. The number of hydrogen-bond donors (Lipinski definition) is 1. The van der Waals surface area contributed by atoms with Crippen molar-refractivity contribution in [1.82, 2.24) is 0 Å². The number of ether oxygens (including phenoxy) is 1. The summed E-state index contributed by atoms with van der Waals surface area (Å²) in [4.78, 5) is 0. The molecule has 0 radical (unpaired) electrons. The van der Waals surface area contributed by atoms with Gasteiger partial charge in [0.25, 0.3) is 0 Å². The molecule has 164 valence electrons. The van der Waals surface area contributed by atoms with Gasteiger partial charge in [0, 0.05) is 18.1 Å². The monoisotopic (exact) mass is 454 g/mol. The average molecular weight is 455 g/mol. The summed E-state index contributed by atoms with van der Waals surface area (Å²) in [5.41, 5.74) is -0.243. The van der Waals surface area contributed by atoms with E-state index in [9.17, 15) is 5.11 Å². The van der Waals surface area contributed by atoms with Crippen LogP contribution in [0, 0.1) is 5.41 Å². The predicted molar refractivity (Wildman–Crippen MR) is 125 cm³/mol. The minimum atomic E-state index is -2.80. The van der Waals surface area contributed by atoms with Crippen LogP contribution in [0.2, 0.25) is 65.0 Å². The molecule has 0 saturated carbocycles. The molecule has 0 bridgehead atoms. The Morgan fingerprint density at radius 1 is 0.778 bits per heavy atom. The second-order valence-corrected chi connectivity index (χ2v) is 28.0. The minimum Gasteiger partial charge on any atom is -0.417 e. The third-order valence-corrected chi connectivity index (χ3v) is 15.9. The molecule has 0 spiro atoms. The van der Waals surface area contributed by atoms with Gasteiger partial charge in [0.2, 0.25) is 0 Å². The Morgan fingerprint density at radius 3 is 1.44 bits per heavy atom. The van der Waals surface area contributed by atoms with Gasteiger partial charge in [-0.25, -0.2) is 0 Å². The van der Waals surface area contributed by atoms with Crippen LogP contribution in [0.15, 0.2) is 0 Å². The number of aliphatic hydroxyl groups excluding tert-OH is 1. The summed E-state index contributed by atoms with van der Waals surface area (Å²) >= 11 is 0. The van der Waals surface area contributed by atoms with E-state index in [0.29, 0.717) is 6.61 Å². The number of hydrogen-bond acceptors (Lipinski definition) is 5. The van der Waals surface area contributed by atoms with Gasteiger partial charge in [0.15, 0.2) is 31.2 Å². The first-order valence-corrected chi connectivity index (χ1v) is 22.4. The summed E-state index contributed by atoms with van der Waals surface area (Å²) in [6, 6.07) is 0.741. The molecule has 0 aliphatic heterocycles. The summed E-state index contributed by atoms with van der Waals surface area (Å²) < 4.78 is 25.7. The van der Waals surface area contributed by atoms with Crippen LogP contribution >= 0.6 is 0 Å². The maximum atomic E-state index is 10.3. The number of aliphatic hydroxyl groups is 1. The van der Waals surface area contributed by atoms with E-state index in [-0.39, 0.29) is 5.41 Å². The van der Waals surface area contributed by atoms with E-state index in [0.717, 1.165) is 18.9 Å². The summed E-state index contributed by atoms with van der Waals surface area (Å²) in [5.74, 6) is 0. The zero-order valence-electron chi connectivity index (χ0n) is 20.0. The fourth-order valence-electron chi connectivity index (χ4n) is 2.50. The molecule has 0 aromatic carbocycles. The van der Waals surface area contributed by atoms with Gasteiger partial charge in [0.05, 0.1) is 0 Å². The van der Waals surface area contributed by atoms with Crippen LogP contribution in [-0.4, -0.2) is 51.8 Å². The molecule has 0 aliphatic carbocycles. The molecule has 0 heterocycles. The Labute approximate surface area is 172 Å². The fraction of sp³-hybridized carbons (Fsp3) is 1.00. The van der Waals surface area contributed by atoms with Crippen LogP contribution in [0.1, 0.15) is 33.6 Å². The van der Waals surface area contributed by atoms with E-state index in [4.69, 9.17) is 17.1 Å². The lowest BCUT2D eigenvalue weighted by molar-refractivity contribution is -0.165. The van der Waals surface area contributed by atoms with Crippen molar-refractivity contribution in [2.75, 3.05) is 6.61 Å². The smallest absolute Gasteiger partial charge is 0.417 e. The SMILES string of the molecule is CCC(C)(C)[C@H](O)OCCC[Si](O[Si](C)(C)C)(O[Si](C)(C)C)O[Si](C)(C)C. The zero-order valence-corrected chi connectivity index (χ0v) is 24.0. The maximum absolute atomic E-state index is 10.3. The molecular formula is C18H46O5Si4. The molecule has 0 unspecified atom stereocenters. The van der Waals surface area contributed by atoms with E-state index in [1.807, 2.05) is 13.8 Å². The van der Waals surface area contributed by atoms with Gasteiger partial charge in [0.1, 0.15) is 0 Å². The summed E-state index contributed by atoms with van der Waals surface area (Å²) in [5, 5.41) is 10.3. The fourth-order valence-corrected chi connectivity index (χ4v) is 17.1. The Balaban J connectivity index is 5.27. The molecule has 1 atom stereocenters. The Morgan fingerprint density at radius 2 is 1.15 bits per heavy atom. The number of rotatable bonds is 13. The summed E-state index contributed by atoms with van der Waals surface area (Å²) in [6.45, 7) is 26.3. The Kier molecular flexibility index (Phi) is 10.4. The van der Waals surface area contributed by atoms with Gasteiger partial charge in [-0.1, -0.05) is 20.8 Å². The lowest BCUT2D eigenvalue weighted by atomic mass is 9.89. The average Bonchev–Trinajstić information content (AvgIpc) is 2.37. The van der Waals surface area contributed by atoms with E-state index in [1.54, 1.807) is 0 Å². The van der Waals surface area contributed by atoms with Crippen molar-refractivity contribution in [3.05, 3.63) is 0 Å². The second kappa shape index (κ2) is 10.1. The van der Waals surface area contributed by atoms with Crippen molar-refractivity contribution >= 4 is 33.8 Å². The quantitative estimate of drug-likeness (QED) is 0.222. The molecule has 0 saturated heterocycles. The van der Waals surface area contributed by atoms with Crippen LogP contribution in [-0.2, 0) is 17.1 Å². The van der Waals surface area contributed by atoms with Gasteiger partial charge >= 0.3 is 8.80 Å². The molecule has 0 aromatic rings. The van der Waals surface area contributed by atoms with Crippen LogP contribution < -0.4 is 0 Å². The molecular weight excluding hydrogens is 409 g/mol. The molecule has 0 rings (SSSR count). The topological polar surface area (TPSA) is 57.2 Å². The summed E-state index contributed by atoms with van der Waals surface area (Å²) in [7, 11) is -8.34. The highest BCUT2D eigenvalue weighted by Gasteiger charge is 2.49. The summed E-state index contributed by atoms with van der Waals surface area (Å²) in [6.07, 6.45) is 0.873. The first kappa shape index (κ1) is 27.7. The molecule has 0 fully saturated rings. The first-order chi connectivity index (χ1) is 11.8. The van der Waals surface area contributed by atoms with Crippen LogP contribution in [0.4, 0.5) is 0 Å². The lowest BCUT2D eigenvalue weighted by Gasteiger charge is -2.43. The van der Waals surface area contributed by atoms with E-state index < -0.39 is 40.0 Å². The standard InChI is InChI=1S/C18H46O5Si4/c1-13-18(2,3)17(19)20-15-14-16-27(21-24(4,5)6,22-25(7,8)9)23-26(10,11)12/h17,19H,13-16H2,1-12H3/t17-/m1/s1. The van der Waals surface area contributed by atoms with Crippen LogP contribution in [0.5, 0.6) is 0 Å². The van der Waals surface area contributed by atoms with Gasteiger partial charge in [-0.2, -0.15) is 0 Å². The van der Waals surface area contributed by atoms with E-state index in [2.05, 4.69) is 65.8 Å². The molecule has 5 nitrogen and oxygen atoms in total. The van der Waals surface area contributed by atoms with Gasteiger partial charge in [-0.3, -0.25) is 0 Å². The normalized spacial score (nSPS) is 15.9. The van der Waals surface area contributed by atoms with Gasteiger partial charge < -0.3 is 22.2 Å². The molecule has 1 N–H and O–H groups in total. The van der Waals surface area contributed by atoms with Crippen molar-refractivity contribution in [2.24, 2.45) is 5.41 Å². The largest absolute Gasteiger partial charge is 0.469 e. The highest BCUT2D eigenvalue weighted by Crippen LogP contribution is 2.30. The Hall–Kier alpha value is 0.668. The van der Waals surface area contributed by atoms with E-state index >= 15 is 0 Å². The van der Waals surface area contributed by atoms with Gasteiger partial charge in [-0.15, -0.1) is 0 Å². The van der Waals surface area contributed by atoms with E-state index in [1.165, 1.54) is 0 Å². The maximum Gasteiger partial charge on any atom is 0.469 e. The van der Waals surface area contributed by atoms with Crippen LogP contribution in [0.25, 0.3) is 0 Å². The zero-order chi connectivity index (χ0) is 21.7. The predicted octanol–water partition coefficient (Wildman–Crippen LogP) is 5.64. The highest BCUT2D eigenvalue weighted by atomic mass is 28.5.